The van der Waals surface area contributed by atoms with Crippen LogP contribution in [0.3, 0.4) is 0 Å². The van der Waals surface area contributed by atoms with Crippen LogP contribution in [0, 0.1) is 10.1 Å². The van der Waals surface area contributed by atoms with Gasteiger partial charge < -0.3 is 5.32 Å². The number of nitro groups is 1. The Morgan fingerprint density at radius 1 is 0.818 bits per heavy atom. The van der Waals surface area contributed by atoms with Crippen LogP contribution < -0.4 is 10.0 Å². The molecule has 3 aromatic rings. The van der Waals surface area contributed by atoms with Gasteiger partial charge in [-0.1, -0.05) is 36.4 Å². The fraction of sp³-hybridized carbons (Fsp3) is 0.130. The highest BCUT2D eigenvalue weighted by atomic mass is 32.2. The van der Waals surface area contributed by atoms with Gasteiger partial charge in [-0.05, 0) is 42.3 Å². The predicted octanol–water partition coefficient (Wildman–Crippen LogP) is 3.21. The lowest BCUT2D eigenvalue weighted by molar-refractivity contribution is -0.384. The van der Waals surface area contributed by atoms with Crippen molar-refractivity contribution in [1.82, 2.24) is 10.0 Å². The van der Waals surface area contributed by atoms with Crippen molar-refractivity contribution >= 4 is 27.4 Å². The molecule has 0 radical (unpaired) electrons. The third-order valence-corrected chi connectivity index (χ3v) is 6.27. The van der Waals surface area contributed by atoms with Gasteiger partial charge in [0, 0.05) is 36.3 Å². The maximum Gasteiger partial charge on any atom is 0.269 e. The first-order valence-electron chi connectivity index (χ1n) is 9.87. The van der Waals surface area contributed by atoms with E-state index in [2.05, 4.69) is 10.0 Å². The molecule has 9 nitrogen and oxygen atoms in total. The molecular weight excluding hydrogens is 446 g/mol. The lowest BCUT2D eigenvalue weighted by Crippen LogP contribution is -2.24. The van der Waals surface area contributed by atoms with Crippen LogP contribution in [-0.4, -0.2) is 25.0 Å². The van der Waals surface area contributed by atoms with Crippen molar-refractivity contribution in [3.63, 3.8) is 0 Å². The Kier molecular flexibility index (Phi) is 7.31. The second-order valence-electron chi connectivity index (χ2n) is 7.21. The molecule has 0 bridgehead atoms. The summed E-state index contributed by atoms with van der Waals surface area (Å²) in [5, 5.41) is 13.4. The van der Waals surface area contributed by atoms with Crippen molar-refractivity contribution in [1.29, 1.82) is 0 Å². The van der Waals surface area contributed by atoms with Gasteiger partial charge in [0.15, 0.2) is 5.78 Å². The molecule has 33 heavy (non-hydrogen) atoms. The van der Waals surface area contributed by atoms with Crippen molar-refractivity contribution in [3.8, 4) is 0 Å². The molecule has 0 aliphatic rings. The fourth-order valence-corrected chi connectivity index (χ4v) is 3.94. The van der Waals surface area contributed by atoms with Crippen LogP contribution in [-0.2, 0) is 23.1 Å². The van der Waals surface area contributed by atoms with Gasteiger partial charge in [0.05, 0.1) is 9.82 Å². The second-order valence-corrected chi connectivity index (χ2v) is 8.98. The van der Waals surface area contributed by atoms with Crippen LogP contribution in [0.4, 0.5) is 5.69 Å². The lowest BCUT2D eigenvalue weighted by Gasteiger charge is -2.09. The second kappa shape index (κ2) is 10.2. The van der Waals surface area contributed by atoms with Crippen molar-refractivity contribution in [3.05, 3.63) is 105 Å². The van der Waals surface area contributed by atoms with E-state index in [1.54, 1.807) is 36.4 Å². The number of benzene rings is 3. The first-order chi connectivity index (χ1) is 15.7. The van der Waals surface area contributed by atoms with E-state index in [0.29, 0.717) is 16.7 Å². The number of carbonyl (C=O) groups excluding carboxylic acids is 2. The molecule has 0 unspecified atom stereocenters. The van der Waals surface area contributed by atoms with E-state index in [4.69, 9.17) is 0 Å². The summed E-state index contributed by atoms with van der Waals surface area (Å²) in [5.41, 5.74) is 2.17. The number of Topliss-reactive ketones (excluding diaryl/α,β-unsaturated/α-hetero) is 1. The van der Waals surface area contributed by atoms with Gasteiger partial charge in [0.2, 0.25) is 10.0 Å². The number of nitrogens with one attached hydrogen (secondary N) is 2. The number of ketones is 1. The van der Waals surface area contributed by atoms with Crippen molar-refractivity contribution in [2.24, 2.45) is 0 Å². The zero-order valence-corrected chi connectivity index (χ0v) is 18.5. The average Bonchev–Trinajstić information content (AvgIpc) is 2.82. The largest absolute Gasteiger partial charge is 0.348 e. The molecule has 0 aliphatic carbocycles. The normalized spacial score (nSPS) is 11.1. The summed E-state index contributed by atoms with van der Waals surface area (Å²) >= 11 is 0. The van der Waals surface area contributed by atoms with Gasteiger partial charge >= 0.3 is 0 Å². The number of hydrogen-bond acceptors (Lipinski definition) is 6. The number of carbonyl (C=O) groups is 2. The van der Waals surface area contributed by atoms with Crippen molar-refractivity contribution in [2.75, 3.05) is 0 Å². The number of hydrogen-bond donors (Lipinski definition) is 2. The molecule has 170 valence electrons. The van der Waals surface area contributed by atoms with Crippen LogP contribution in [0.25, 0.3) is 0 Å². The highest BCUT2D eigenvalue weighted by Gasteiger charge is 2.14. The molecule has 3 aromatic carbocycles. The van der Waals surface area contributed by atoms with Crippen LogP contribution in [0.1, 0.15) is 38.8 Å². The Bertz CT molecular complexity index is 1270. The maximum atomic E-state index is 12.4. The minimum absolute atomic E-state index is 0.0237. The summed E-state index contributed by atoms with van der Waals surface area (Å²) < 4.78 is 27.4. The van der Waals surface area contributed by atoms with Crippen molar-refractivity contribution < 1.29 is 22.9 Å². The van der Waals surface area contributed by atoms with Gasteiger partial charge in [-0.25, -0.2) is 13.1 Å². The summed E-state index contributed by atoms with van der Waals surface area (Å²) in [6.45, 7) is 1.64. The van der Waals surface area contributed by atoms with Gasteiger partial charge in [0.25, 0.3) is 11.6 Å². The summed E-state index contributed by atoms with van der Waals surface area (Å²) in [7, 11) is -3.76. The topological polar surface area (TPSA) is 135 Å². The highest BCUT2D eigenvalue weighted by molar-refractivity contribution is 7.89. The summed E-state index contributed by atoms with van der Waals surface area (Å²) in [6, 6.07) is 18.0. The minimum atomic E-state index is -3.76. The van der Waals surface area contributed by atoms with E-state index in [-0.39, 0.29) is 35.4 Å². The SMILES string of the molecule is CC(=O)c1ccc(S(=O)(=O)NCc2ccc(C(=O)NCc3ccc([N+](=O)[O-])cc3)cc2)cc1. The summed E-state index contributed by atoms with van der Waals surface area (Å²) in [5.74, 6) is -0.477. The molecule has 0 fully saturated rings. The maximum absolute atomic E-state index is 12.4. The van der Waals surface area contributed by atoms with E-state index in [1.807, 2.05) is 0 Å². The molecule has 0 aromatic heterocycles. The first kappa shape index (κ1) is 23.8. The molecule has 0 aliphatic heterocycles. The van der Waals surface area contributed by atoms with Crippen LogP contribution >= 0.6 is 0 Å². The lowest BCUT2D eigenvalue weighted by atomic mass is 10.1. The first-order valence-corrected chi connectivity index (χ1v) is 11.4. The van der Waals surface area contributed by atoms with Crippen LogP contribution in [0.15, 0.2) is 77.7 Å². The number of sulfonamides is 1. The Morgan fingerprint density at radius 3 is 1.88 bits per heavy atom. The van der Waals surface area contributed by atoms with Crippen LogP contribution in [0.2, 0.25) is 0 Å². The Labute approximate surface area is 190 Å². The molecule has 10 heteroatoms. The van der Waals surface area contributed by atoms with E-state index < -0.39 is 14.9 Å². The number of rotatable bonds is 9. The van der Waals surface area contributed by atoms with Crippen molar-refractivity contribution in [2.45, 2.75) is 24.9 Å². The molecular formula is C23H21N3O6S. The van der Waals surface area contributed by atoms with Crippen LogP contribution in [0.5, 0.6) is 0 Å². The smallest absolute Gasteiger partial charge is 0.269 e. The molecule has 0 saturated heterocycles. The van der Waals surface area contributed by atoms with E-state index in [0.717, 1.165) is 5.56 Å². The monoisotopic (exact) mass is 467 g/mol. The quantitative estimate of drug-likeness (QED) is 0.282. The third-order valence-electron chi connectivity index (χ3n) is 4.85. The molecule has 1 amide bonds. The standard InChI is InChI=1S/C23H21N3O6S/c1-16(27)19-8-12-22(13-9-19)33(31,32)25-15-18-2-6-20(7-3-18)23(28)24-14-17-4-10-21(11-5-17)26(29)30/h2-13,25H,14-15H2,1H3,(H,24,28). The van der Waals surface area contributed by atoms with Gasteiger partial charge in [-0.2, -0.15) is 0 Å². The van der Waals surface area contributed by atoms with E-state index >= 15 is 0 Å². The van der Waals surface area contributed by atoms with Gasteiger partial charge in [0.1, 0.15) is 0 Å². The molecule has 3 rings (SSSR count). The number of nitrogens with zero attached hydrogens (tertiary/aromatic N) is 1. The Morgan fingerprint density at radius 2 is 1.33 bits per heavy atom. The fourth-order valence-electron chi connectivity index (χ4n) is 2.92. The van der Waals surface area contributed by atoms with E-state index in [1.165, 1.54) is 43.3 Å². The van der Waals surface area contributed by atoms with Gasteiger partial charge in [-0.15, -0.1) is 0 Å². The third kappa shape index (κ3) is 6.31. The Balaban J connectivity index is 1.55. The summed E-state index contributed by atoms with van der Waals surface area (Å²) in [6.07, 6.45) is 0. The zero-order chi connectivity index (χ0) is 24.0. The molecule has 0 saturated carbocycles. The molecule has 0 spiro atoms. The number of amides is 1. The van der Waals surface area contributed by atoms with E-state index in [9.17, 15) is 28.1 Å². The molecule has 0 heterocycles. The Hall–Kier alpha value is -3.89. The summed E-state index contributed by atoms with van der Waals surface area (Å²) in [4.78, 5) is 33.9. The number of non-ortho nitro benzene ring substituents is 1. The minimum Gasteiger partial charge on any atom is -0.348 e. The average molecular weight is 468 g/mol. The predicted molar refractivity (Wildman–Crippen MR) is 121 cm³/mol. The highest BCUT2D eigenvalue weighted by Crippen LogP contribution is 2.14. The molecule has 2 N–H and O–H groups in total. The number of nitro benzene ring substituents is 1. The van der Waals surface area contributed by atoms with Gasteiger partial charge in [-0.3, -0.25) is 19.7 Å². The molecule has 0 atom stereocenters. The zero-order valence-electron chi connectivity index (χ0n) is 17.6.